The summed E-state index contributed by atoms with van der Waals surface area (Å²) in [5.74, 6) is 2.19. The molecule has 0 saturated carbocycles. The molecule has 0 atom stereocenters. The van der Waals surface area contributed by atoms with Crippen molar-refractivity contribution in [1.29, 1.82) is 0 Å². The molecule has 14 heavy (non-hydrogen) atoms. The van der Waals surface area contributed by atoms with E-state index in [1.165, 1.54) is 32.4 Å². The molecular weight excluding hydrogens is 259 g/mol. The summed E-state index contributed by atoms with van der Waals surface area (Å²) in [6.45, 7) is 0. The second-order valence-corrected chi connectivity index (χ2v) is 5.16. The van der Waals surface area contributed by atoms with Gasteiger partial charge in [-0.1, -0.05) is 27.5 Å². The largest absolute Gasteiger partial charge is 0.185 e. The van der Waals surface area contributed by atoms with E-state index in [1.807, 2.05) is 0 Å². The van der Waals surface area contributed by atoms with Gasteiger partial charge < -0.3 is 0 Å². The number of fused-ring (bicyclic) bond motifs is 1. The zero-order chi connectivity index (χ0) is 9.54. The van der Waals surface area contributed by atoms with Crippen LogP contribution in [0.3, 0.4) is 0 Å². The van der Waals surface area contributed by atoms with Crippen molar-refractivity contribution in [3.63, 3.8) is 0 Å². The lowest BCUT2D eigenvalue weighted by Crippen LogP contribution is -1.95. The summed E-state index contributed by atoms with van der Waals surface area (Å²) in [7, 11) is 1.03. The molecule has 3 rings (SSSR count). The Kier molecular flexibility index (Phi) is 2.02. The highest BCUT2D eigenvalue weighted by Crippen LogP contribution is 2.42. The van der Waals surface area contributed by atoms with Crippen LogP contribution in [0, 0.1) is 0 Å². The Morgan fingerprint density at radius 2 is 2.43 bits per heavy atom. The van der Waals surface area contributed by atoms with Gasteiger partial charge in [-0.05, 0) is 11.6 Å². The van der Waals surface area contributed by atoms with Crippen molar-refractivity contribution < 1.29 is 0 Å². The Morgan fingerprint density at radius 3 is 3.36 bits per heavy atom. The fraction of sp³-hybridized carbons (Fsp3) is 0.111. The van der Waals surface area contributed by atoms with E-state index in [0.29, 0.717) is 0 Å². The van der Waals surface area contributed by atoms with Crippen LogP contribution in [-0.4, -0.2) is 7.28 Å². The lowest BCUT2D eigenvalue weighted by atomic mass is 9.69. The van der Waals surface area contributed by atoms with Crippen LogP contribution >= 0.6 is 27.9 Å². The average molecular weight is 265 g/mol. The Bertz CT molecular complexity index is 459. The summed E-state index contributed by atoms with van der Waals surface area (Å²) >= 11 is 5.00. The summed E-state index contributed by atoms with van der Waals surface area (Å²) in [4.78, 5) is 1.26. The minimum atomic E-state index is 0.968. The second-order valence-electron chi connectivity index (χ2n) is 3.35. The summed E-state index contributed by atoms with van der Waals surface area (Å²) in [5, 5.41) is 4.20. The number of hydrogen-bond donors (Lipinski definition) is 0. The van der Waals surface area contributed by atoms with Crippen molar-refractivity contribution in [1.82, 2.24) is 0 Å². The van der Waals surface area contributed by atoms with Crippen LogP contribution in [0.15, 0.2) is 53.9 Å². The summed E-state index contributed by atoms with van der Waals surface area (Å²) in [6.07, 6.45) is 5.17. The molecule has 0 unspecified atom stereocenters. The van der Waals surface area contributed by atoms with Gasteiger partial charge >= 0.3 is 0 Å². The predicted octanol–water partition coefficient (Wildman–Crippen LogP) is 3.21. The first-order valence-corrected chi connectivity index (χ1v) is 5.98. The third-order valence-corrected chi connectivity index (χ3v) is 3.74. The van der Waals surface area contributed by atoms with E-state index in [2.05, 4.69) is 43.7 Å². The van der Waals surface area contributed by atoms with Crippen LogP contribution < -0.4 is 0 Å². The number of nitrogens with zero attached hydrogens (tertiary/aromatic N) is 2. The normalized spacial score (nSPS) is 23.4. The van der Waals surface area contributed by atoms with Crippen LogP contribution in [0.2, 0.25) is 0 Å². The van der Waals surface area contributed by atoms with Crippen molar-refractivity contribution in [3.05, 3.63) is 44.3 Å². The van der Waals surface area contributed by atoms with Crippen LogP contribution in [0.5, 0.6) is 0 Å². The number of halogens is 1. The van der Waals surface area contributed by atoms with Gasteiger partial charge in [-0.25, -0.2) is 0 Å². The van der Waals surface area contributed by atoms with Gasteiger partial charge in [0.25, 0.3) is 0 Å². The molecule has 0 fully saturated rings. The molecule has 2 nitrogen and oxygen atoms in total. The minimum absolute atomic E-state index is 0.968. The molecule has 2 aliphatic heterocycles. The first-order chi connectivity index (χ1) is 6.84. The van der Waals surface area contributed by atoms with E-state index in [4.69, 9.17) is 0 Å². The maximum Gasteiger partial charge on any atom is 0.185 e. The first-order valence-electron chi connectivity index (χ1n) is 4.42. The fourth-order valence-electron chi connectivity index (χ4n) is 1.85. The van der Waals surface area contributed by atoms with Crippen LogP contribution in [0.25, 0.3) is 0 Å². The van der Waals surface area contributed by atoms with E-state index >= 15 is 0 Å². The maximum atomic E-state index is 4.20. The molecule has 3 aliphatic rings. The van der Waals surface area contributed by atoms with Gasteiger partial charge in [-0.15, -0.1) is 15.6 Å². The van der Waals surface area contributed by atoms with Crippen LogP contribution in [-0.2, 0) is 0 Å². The molecule has 0 amide bonds. The number of hydrogen-bond acceptors (Lipinski definition) is 3. The second kappa shape index (κ2) is 3.24. The molecule has 2 heterocycles. The molecule has 68 valence electrons. The van der Waals surface area contributed by atoms with Gasteiger partial charge in [0.05, 0.1) is 5.70 Å². The van der Waals surface area contributed by atoms with Gasteiger partial charge in [0.1, 0.15) is 0 Å². The van der Waals surface area contributed by atoms with E-state index in [0.717, 1.165) is 19.4 Å². The summed E-state index contributed by atoms with van der Waals surface area (Å²) in [6, 6.07) is 0. The molecule has 0 N–H and O–H groups in total. The maximum absolute atomic E-state index is 4.20. The SMILES string of the molecule is BrC1=CC2=C(C1)C1=C(C=CB1)SN=N2. The van der Waals surface area contributed by atoms with E-state index in [1.54, 1.807) is 0 Å². The highest BCUT2D eigenvalue weighted by atomic mass is 79.9. The van der Waals surface area contributed by atoms with Gasteiger partial charge in [-0.2, -0.15) is 0 Å². The fourth-order valence-corrected chi connectivity index (χ4v) is 3.04. The van der Waals surface area contributed by atoms with Crippen molar-refractivity contribution in [3.8, 4) is 0 Å². The highest BCUT2D eigenvalue weighted by molar-refractivity contribution is 9.11. The third kappa shape index (κ3) is 1.27. The number of rotatable bonds is 0. The minimum Gasteiger partial charge on any atom is -0.143 e. The van der Waals surface area contributed by atoms with Crippen molar-refractivity contribution in [2.75, 3.05) is 0 Å². The quantitative estimate of drug-likeness (QED) is 0.487. The zero-order valence-corrected chi connectivity index (χ0v) is 9.73. The van der Waals surface area contributed by atoms with E-state index in [-0.39, 0.29) is 0 Å². The van der Waals surface area contributed by atoms with Gasteiger partial charge in [0.15, 0.2) is 7.28 Å². The molecule has 0 spiro atoms. The molecular formula is C9H6BBrN2S. The third-order valence-electron chi connectivity index (χ3n) is 2.49. The molecule has 1 aliphatic carbocycles. The Balaban J connectivity index is 2.11. The lowest BCUT2D eigenvalue weighted by Gasteiger charge is -2.04. The highest BCUT2D eigenvalue weighted by Gasteiger charge is 2.24. The van der Waals surface area contributed by atoms with Crippen molar-refractivity contribution in [2.24, 2.45) is 9.63 Å². The van der Waals surface area contributed by atoms with Gasteiger partial charge in [0.2, 0.25) is 0 Å². The monoisotopic (exact) mass is 264 g/mol. The van der Waals surface area contributed by atoms with Gasteiger partial charge in [0, 0.05) is 27.8 Å². The standard InChI is InChI=1S/C9H6BBrN2S/c11-5-3-6-7(4-5)12-13-14-8-1-2-10-9(6)8/h1-2,4,10H,3H2. The van der Waals surface area contributed by atoms with Crippen molar-refractivity contribution in [2.45, 2.75) is 6.42 Å². The van der Waals surface area contributed by atoms with Crippen LogP contribution in [0.4, 0.5) is 0 Å². The molecule has 0 radical (unpaired) electrons. The van der Waals surface area contributed by atoms with E-state index in [9.17, 15) is 0 Å². The molecule has 0 aromatic carbocycles. The molecule has 0 aromatic heterocycles. The Hall–Kier alpha value is -0.545. The predicted molar refractivity (Wildman–Crippen MR) is 64.4 cm³/mol. The Morgan fingerprint density at radius 1 is 1.50 bits per heavy atom. The molecule has 0 bridgehead atoms. The van der Waals surface area contributed by atoms with E-state index < -0.39 is 0 Å². The van der Waals surface area contributed by atoms with Crippen molar-refractivity contribution >= 4 is 35.2 Å². The molecule has 0 saturated heterocycles. The molecule has 5 heteroatoms. The smallest absolute Gasteiger partial charge is 0.143 e. The summed E-state index contributed by atoms with van der Waals surface area (Å²) < 4.78 is 5.30. The zero-order valence-electron chi connectivity index (χ0n) is 7.33. The van der Waals surface area contributed by atoms with Gasteiger partial charge in [-0.3, -0.25) is 0 Å². The van der Waals surface area contributed by atoms with Crippen LogP contribution in [0.1, 0.15) is 6.42 Å². The Labute approximate surface area is 95.4 Å². The average Bonchev–Trinajstić information content (AvgIpc) is 2.70. The summed E-state index contributed by atoms with van der Waals surface area (Å²) in [5.41, 5.74) is 3.77. The first kappa shape index (κ1) is 8.74. The lowest BCUT2D eigenvalue weighted by molar-refractivity contribution is 1.20. The molecule has 0 aromatic rings. The number of allylic oxidation sites excluding steroid dienone is 5. The topological polar surface area (TPSA) is 24.7 Å².